The number of carboxylic acids is 1. The Balaban J connectivity index is 2.27. The molecule has 2 aromatic carbocycles. The van der Waals surface area contributed by atoms with Crippen molar-refractivity contribution >= 4 is 16.9 Å². The first-order chi connectivity index (χ1) is 13.0. The molecule has 1 aromatic heterocycles. The number of carbonyl (C=O) groups is 1. The Bertz CT molecular complexity index is 1050. The second kappa shape index (κ2) is 7.41. The van der Waals surface area contributed by atoms with Crippen molar-refractivity contribution in [2.24, 2.45) is 0 Å². The normalized spacial score (nSPS) is 11.8. The van der Waals surface area contributed by atoms with Gasteiger partial charge in [-0.2, -0.15) is 0 Å². The number of hydrogen-bond acceptors (Lipinski definition) is 6. The molecule has 3 aromatic rings. The molecular formula is C20H18O7. The van der Waals surface area contributed by atoms with Crippen LogP contribution in [0.25, 0.3) is 22.3 Å². The van der Waals surface area contributed by atoms with Gasteiger partial charge in [-0.3, -0.25) is 4.79 Å². The highest BCUT2D eigenvalue weighted by atomic mass is 16.5. The van der Waals surface area contributed by atoms with Gasteiger partial charge in [0.25, 0.3) is 0 Å². The van der Waals surface area contributed by atoms with Crippen molar-refractivity contribution in [2.75, 3.05) is 14.2 Å². The van der Waals surface area contributed by atoms with Gasteiger partial charge in [0.05, 0.1) is 19.6 Å². The lowest BCUT2D eigenvalue weighted by Gasteiger charge is -2.15. The predicted octanol–water partition coefficient (Wildman–Crippen LogP) is 3.33. The van der Waals surface area contributed by atoms with E-state index in [4.69, 9.17) is 23.7 Å². The standard InChI is InChI=1S/C20H18O7/c1-11(20(22)23)26-19-17(21)13-6-4-5-7-14(13)27-18(19)12-8-9-15(24-2)16(10-12)25-3/h4-11H,1-3H3,(H,22,23). The number of methoxy groups -OCH3 is 2. The highest BCUT2D eigenvalue weighted by Crippen LogP contribution is 2.36. The van der Waals surface area contributed by atoms with Gasteiger partial charge < -0.3 is 23.7 Å². The maximum Gasteiger partial charge on any atom is 0.344 e. The molecule has 140 valence electrons. The van der Waals surface area contributed by atoms with Gasteiger partial charge in [0.15, 0.2) is 23.4 Å². The summed E-state index contributed by atoms with van der Waals surface area (Å²) < 4.78 is 21.9. The molecule has 1 heterocycles. The van der Waals surface area contributed by atoms with Gasteiger partial charge in [-0.1, -0.05) is 12.1 Å². The fraction of sp³-hybridized carbons (Fsp3) is 0.200. The lowest BCUT2D eigenvalue weighted by molar-refractivity contribution is -0.144. The molecule has 7 nitrogen and oxygen atoms in total. The molecular weight excluding hydrogens is 352 g/mol. The van der Waals surface area contributed by atoms with Gasteiger partial charge in [-0.25, -0.2) is 4.79 Å². The molecule has 0 spiro atoms. The summed E-state index contributed by atoms with van der Waals surface area (Å²) in [6.45, 7) is 1.34. The molecule has 1 unspecified atom stereocenters. The second-order valence-electron chi connectivity index (χ2n) is 5.75. The summed E-state index contributed by atoms with van der Waals surface area (Å²) in [6.07, 6.45) is -1.23. The molecule has 0 amide bonds. The summed E-state index contributed by atoms with van der Waals surface area (Å²) in [5.74, 6) is -0.307. The zero-order valence-corrected chi connectivity index (χ0v) is 15.0. The van der Waals surface area contributed by atoms with E-state index in [1.165, 1.54) is 21.1 Å². The minimum absolute atomic E-state index is 0.118. The van der Waals surface area contributed by atoms with Crippen molar-refractivity contribution < 1.29 is 28.5 Å². The molecule has 0 aliphatic carbocycles. The molecule has 1 atom stereocenters. The van der Waals surface area contributed by atoms with Crippen molar-refractivity contribution in [3.8, 4) is 28.6 Å². The Morgan fingerprint density at radius 1 is 1.07 bits per heavy atom. The Kier molecular flexibility index (Phi) is 5.03. The molecule has 0 bridgehead atoms. The molecule has 0 saturated carbocycles. The van der Waals surface area contributed by atoms with E-state index in [1.807, 2.05) is 0 Å². The van der Waals surface area contributed by atoms with Crippen molar-refractivity contribution in [3.63, 3.8) is 0 Å². The average molecular weight is 370 g/mol. The summed E-state index contributed by atoms with van der Waals surface area (Å²) in [5, 5.41) is 9.47. The number of benzene rings is 2. The monoisotopic (exact) mass is 370 g/mol. The Morgan fingerprint density at radius 3 is 2.44 bits per heavy atom. The first-order valence-electron chi connectivity index (χ1n) is 8.14. The van der Waals surface area contributed by atoms with Crippen LogP contribution in [-0.2, 0) is 4.79 Å². The van der Waals surface area contributed by atoms with Gasteiger partial charge in [0.1, 0.15) is 5.58 Å². The van der Waals surface area contributed by atoms with Crippen molar-refractivity contribution in [3.05, 3.63) is 52.7 Å². The van der Waals surface area contributed by atoms with Gasteiger partial charge in [-0.05, 0) is 37.3 Å². The molecule has 0 saturated heterocycles. The third kappa shape index (κ3) is 3.44. The SMILES string of the molecule is COc1ccc(-c2oc3ccccc3c(=O)c2OC(C)C(=O)O)cc1OC. The zero-order valence-electron chi connectivity index (χ0n) is 15.0. The minimum Gasteiger partial charge on any atom is -0.493 e. The molecule has 0 aliphatic rings. The number of rotatable bonds is 6. The van der Waals surface area contributed by atoms with Crippen LogP contribution in [0.15, 0.2) is 51.7 Å². The highest BCUT2D eigenvalue weighted by Gasteiger charge is 2.23. The predicted molar refractivity (Wildman–Crippen MR) is 98.7 cm³/mol. The molecule has 1 N–H and O–H groups in total. The number of fused-ring (bicyclic) bond motifs is 1. The van der Waals surface area contributed by atoms with E-state index in [0.29, 0.717) is 28.0 Å². The maximum absolute atomic E-state index is 12.9. The molecule has 3 rings (SSSR count). The summed E-state index contributed by atoms with van der Waals surface area (Å²) in [4.78, 5) is 24.1. The molecule has 0 aliphatic heterocycles. The largest absolute Gasteiger partial charge is 0.493 e. The van der Waals surface area contributed by atoms with E-state index in [0.717, 1.165) is 0 Å². The number of carboxylic acid groups (broad SMARTS) is 1. The van der Waals surface area contributed by atoms with Crippen LogP contribution in [0.2, 0.25) is 0 Å². The van der Waals surface area contributed by atoms with Crippen LogP contribution in [0.3, 0.4) is 0 Å². The van der Waals surface area contributed by atoms with E-state index in [-0.39, 0.29) is 11.5 Å². The lowest BCUT2D eigenvalue weighted by atomic mass is 10.1. The van der Waals surface area contributed by atoms with Crippen LogP contribution >= 0.6 is 0 Å². The summed E-state index contributed by atoms with van der Waals surface area (Å²) in [7, 11) is 3.00. The van der Waals surface area contributed by atoms with Crippen molar-refractivity contribution in [1.82, 2.24) is 0 Å². The van der Waals surface area contributed by atoms with Gasteiger partial charge in [0.2, 0.25) is 11.2 Å². The zero-order chi connectivity index (χ0) is 19.6. The Hall–Kier alpha value is -3.48. The van der Waals surface area contributed by atoms with E-state index in [1.54, 1.807) is 42.5 Å². The molecule has 0 fully saturated rings. The Morgan fingerprint density at radius 2 is 1.78 bits per heavy atom. The number of hydrogen-bond donors (Lipinski definition) is 1. The van der Waals surface area contributed by atoms with Crippen LogP contribution in [-0.4, -0.2) is 31.4 Å². The van der Waals surface area contributed by atoms with Crippen LogP contribution in [0.4, 0.5) is 0 Å². The summed E-state index contributed by atoms with van der Waals surface area (Å²) in [6, 6.07) is 11.7. The number of aliphatic carboxylic acids is 1. The number of ether oxygens (including phenoxy) is 3. The smallest absolute Gasteiger partial charge is 0.344 e. The molecule has 27 heavy (non-hydrogen) atoms. The van der Waals surface area contributed by atoms with Crippen LogP contribution in [0.5, 0.6) is 17.2 Å². The quantitative estimate of drug-likeness (QED) is 0.711. The van der Waals surface area contributed by atoms with E-state index in [9.17, 15) is 9.59 Å². The van der Waals surface area contributed by atoms with Crippen molar-refractivity contribution in [2.45, 2.75) is 13.0 Å². The van der Waals surface area contributed by atoms with Gasteiger partial charge in [-0.15, -0.1) is 0 Å². The fourth-order valence-corrected chi connectivity index (χ4v) is 2.63. The van der Waals surface area contributed by atoms with E-state index < -0.39 is 17.5 Å². The third-order valence-electron chi connectivity index (χ3n) is 4.04. The Labute approximate surface area is 154 Å². The van der Waals surface area contributed by atoms with Crippen LogP contribution in [0, 0.1) is 0 Å². The van der Waals surface area contributed by atoms with Gasteiger partial charge in [0, 0.05) is 5.56 Å². The van der Waals surface area contributed by atoms with E-state index >= 15 is 0 Å². The highest BCUT2D eigenvalue weighted by molar-refractivity contribution is 5.83. The second-order valence-corrected chi connectivity index (χ2v) is 5.75. The van der Waals surface area contributed by atoms with Gasteiger partial charge >= 0.3 is 5.97 Å². The summed E-state index contributed by atoms with van der Waals surface area (Å²) >= 11 is 0. The first kappa shape index (κ1) is 18.3. The molecule has 7 heteroatoms. The summed E-state index contributed by atoms with van der Waals surface area (Å²) in [5.41, 5.74) is 0.403. The third-order valence-corrected chi connectivity index (χ3v) is 4.04. The van der Waals surface area contributed by atoms with Crippen molar-refractivity contribution in [1.29, 1.82) is 0 Å². The lowest BCUT2D eigenvalue weighted by Crippen LogP contribution is -2.26. The average Bonchev–Trinajstić information content (AvgIpc) is 2.69. The molecule has 0 radical (unpaired) electrons. The minimum atomic E-state index is -1.23. The maximum atomic E-state index is 12.9. The fourth-order valence-electron chi connectivity index (χ4n) is 2.63. The number of para-hydroxylation sites is 1. The topological polar surface area (TPSA) is 95.2 Å². The van der Waals surface area contributed by atoms with Crippen LogP contribution < -0.4 is 19.6 Å². The van der Waals surface area contributed by atoms with E-state index in [2.05, 4.69) is 0 Å². The van der Waals surface area contributed by atoms with Crippen LogP contribution in [0.1, 0.15) is 6.92 Å². The first-order valence-corrected chi connectivity index (χ1v) is 8.14.